The molecule has 1 atom stereocenters. The van der Waals surface area contributed by atoms with Gasteiger partial charge in [0.25, 0.3) is 5.91 Å². The second kappa shape index (κ2) is 8.22. The maximum Gasteiger partial charge on any atom is 0.265 e. The maximum atomic E-state index is 12.5. The van der Waals surface area contributed by atoms with Crippen LogP contribution in [0.25, 0.3) is 0 Å². The van der Waals surface area contributed by atoms with Crippen LogP contribution in [0.3, 0.4) is 0 Å². The largest absolute Gasteiger partial charge is 0.489 e. The highest BCUT2D eigenvalue weighted by Crippen LogP contribution is 2.25. The van der Waals surface area contributed by atoms with Gasteiger partial charge in [0.1, 0.15) is 11.5 Å². The normalized spacial score (nSPS) is 11.8. The smallest absolute Gasteiger partial charge is 0.265 e. The summed E-state index contributed by atoms with van der Waals surface area (Å²) in [7, 11) is 0. The number of rotatable bonds is 7. The highest BCUT2D eigenvalue weighted by atomic mass is 16.5. The lowest BCUT2D eigenvalue weighted by Gasteiger charge is -2.19. The van der Waals surface area contributed by atoms with Gasteiger partial charge in [0.15, 0.2) is 6.10 Å². The molecule has 2 aromatic carbocycles. The van der Waals surface area contributed by atoms with Gasteiger partial charge in [-0.15, -0.1) is 0 Å². The van der Waals surface area contributed by atoms with Crippen LogP contribution in [-0.2, 0) is 4.79 Å². The van der Waals surface area contributed by atoms with E-state index in [0.29, 0.717) is 23.6 Å². The molecule has 0 bridgehead atoms. The standard InChI is InChI=1S/C19H23NO3/c1-4-17(23-15-10-6-5-7-11-15)19(21)20-16-12-8-9-13-18(16)22-14(2)3/h5-14,17H,4H2,1-3H3,(H,20,21). The van der Waals surface area contributed by atoms with Crippen LogP contribution in [0.5, 0.6) is 11.5 Å². The summed E-state index contributed by atoms with van der Waals surface area (Å²) in [6.45, 7) is 5.82. The minimum absolute atomic E-state index is 0.0376. The summed E-state index contributed by atoms with van der Waals surface area (Å²) in [5.74, 6) is 1.16. The van der Waals surface area contributed by atoms with Gasteiger partial charge in [-0.25, -0.2) is 0 Å². The summed E-state index contributed by atoms with van der Waals surface area (Å²) in [6.07, 6.45) is 0.0635. The Morgan fingerprint density at radius 3 is 2.30 bits per heavy atom. The Labute approximate surface area is 137 Å². The van der Waals surface area contributed by atoms with E-state index in [2.05, 4.69) is 5.32 Å². The topological polar surface area (TPSA) is 47.6 Å². The van der Waals surface area contributed by atoms with E-state index >= 15 is 0 Å². The molecular formula is C19H23NO3. The number of carbonyl (C=O) groups excluding carboxylic acids is 1. The van der Waals surface area contributed by atoms with Crippen LogP contribution in [0.15, 0.2) is 54.6 Å². The molecule has 1 amide bonds. The molecule has 2 rings (SSSR count). The van der Waals surface area contributed by atoms with Crippen molar-refractivity contribution in [3.05, 3.63) is 54.6 Å². The van der Waals surface area contributed by atoms with Crippen LogP contribution in [0.2, 0.25) is 0 Å². The quantitative estimate of drug-likeness (QED) is 0.830. The zero-order chi connectivity index (χ0) is 16.7. The molecule has 0 spiro atoms. The lowest BCUT2D eigenvalue weighted by Crippen LogP contribution is -2.32. The predicted octanol–water partition coefficient (Wildman–Crippen LogP) is 4.27. The fraction of sp³-hybridized carbons (Fsp3) is 0.316. The van der Waals surface area contributed by atoms with Gasteiger partial charge >= 0.3 is 0 Å². The molecule has 0 radical (unpaired) electrons. The molecule has 0 heterocycles. The van der Waals surface area contributed by atoms with Crippen molar-refractivity contribution in [3.8, 4) is 11.5 Å². The van der Waals surface area contributed by atoms with Crippen molar-refractivity contribution in [2.75, 3.05) is 5.32 Å². The van der Waals surface area contributed by atoms with Crippen LogP contribution in [0.1, 0.15) is 27.2 Å². The van der Waals surface area contributed by atoms with Gasteiger partial charge < -0.3 is 14.8 Å². The first-order valence-electron chi connectivity index (χ1n) is 7.88. The Kier molecular flexibility index (Phi) is 6.03. The molecule has 0 fully saturated rings. The molecule has 1 N–H and O–H groups in total. The SMILES string of the molecule is CCC(Oc1ccccc1)C(=O)Nc1ccccc1OC(C)C. The van der Waals surface area contributed by atoms with E-state index in [0.717, 1.165) is 0 Å². The number of anilines is 1. The third kappa shape index (κ3) is 5.02. The number of nitrogens with one attached hydrogen (secondary N) is 1. The number of benzene rings is 2. The average molecular weight is 313 g/mol. The Hall–Kier alpha value is -2.49. The molecule has 0 saturated carbocycles. The predicted molar refractivity (Wildman–Crippen MR) is 92.0 cm³/mol. The van der Waals surface area contributed by atoms with Gasteiger partial charge in [0, 0.05) is 0 Å². The van der Waals surface area contributed by atoms with Crippen LogP contribution < -0.4 is 14.8 Å². The van der Waals surface area contributed by atoms with Gasteiger partial charge in [-0.05, 0) is 44.5 Å². The Balaban J connectivity index is 2.08. The third-order valence-electron chi connectivity index (χ3n) is 3.19. The van der Waals surface area contributed by atoms with Crippen LogP contribution >= 0.6 is 0 Å². The minimum atomic E-state index is -0.551. The van der Waals surface area contributed by atoms with Gasteiger partial charge in [-0.3, -0.25) is 4.79 Å². The van der Waals surface area contributed by atoms with Crippen molar-refractivity contribution in [2.45, 2.75) is 39.4 Å². The summed E-state index contributed by atoms with van der Waals surface area (Å²) in [5, 5.41) is 2.90. The highest BCUT2D eigenvalue weighted by Gasteiger charge is 2.20. The molecule has 0 aliphatic rings. The Morgan fingerprint density at radius 1 is 1.00 bits per heavy atom. The van der Waals surface area contributed by atoms with E-state index in [-0.39, 0.29) is 12.0 Å². The number of hydrogen-bond acceptors (Lipinski definition) is 3. The first-order valence-corrected chi connectivity index (χ1v) is 7.88. The van der Waals surface area contributed by atoms with E-state index in [4.69, 9.17) is 9.47 Å². The van der Waals surface area contributed by atoms with Crippen LogP contribution in [0, 0.1) is 0 Å². The lowest BCUT2D eigenvalue weighted by atomic mass is 10.2. The molecule has 0 saturated heterocycles. The minimum Gasteiger partial charge on any atom is -0.489 e. The van der Waals surface area contributed by atoms with Gasteiger partial charge in [0.05, 0.1) is 11.8 Å². The van der Waals surface area contributed by atoms with Crippen LogP contribution in [-0.4, -0.2) is 18.1 Å². The molecule has 122 valence electrons. The number of amides is 1. The highest BCUT2D eigenvalue weighted by molar-refractivity contribution is 5.95. The summed E-state index contributed by atoms with van der Waals surface area (Å²) in [6, 6.07) is 16.8. The fourth-order valence-corrected chi connectivity index (χ4v) is 2.13. The van der Waals surface area contributed by atoms with Crippen molar-refractivity contribution in [1.29, 1.82) is 0 Å². The summed E-state index contributed by atoms with van der Waals surface area (Å²) < 4.78 is 11.5. The molecule has 0 aromatic heterocycles. The average Bonchev–Trinajstić information content (AvgIpc) is 2.55. The number of carbonyl (C=O) groups is 1. The molecule has 4 nitrogen and oxygen atoms in total. The van der Waals surface area contributed by atoms with Crippen molar-refractivity contribution in [2.24, 2.45) is 0 Å². The summed E-state index contributed by atoms with van der Waals surface area (Å²) >= 11 is 0. The molecule has 0 aliphatic carbocycles. The van der Waals surface area contributed by atoms with E-state index in [1.54, 1.807) is 0 Å². The summed E-state index contributed by atoms with van der Waals surface area (Å²) in [4.78, 5) is 12.5. The fourth-order valence-electron chi connectivity index (χ4n) is 2.13. The molecule has 1 unspecified atom stereocenters. The first kappa shape index (κ1) is 16.9. The zero-order valence-corrected chi connectivity index (χ0v) is 13.8. The number of para-hydroxylation sites is 3. The molecule has 0 aliphatic heterocycles. The maximum absolute atomic E-state index is 12.5. The molecule has 4 heteroatoms. The van der Waals surface area contributed by atoms with Crippen molar-refractivity contribution in [3.63, 3.8) is 0 Å². The van der Waals surface area contributed by atoms with Crippen molar-refractivity contribution in [1.82, 2.24) is 0 Å². The lowest BCUT2D eigenvalue weighted by molar-refractivity contribution is -0.122. The third-order valence-corrected chi connectivity index (χ3v) is 3.19. The van der Waals surface area contributed by atoms with Crippen LogP contribution in [0.4, 0.5) is 5.69 Å². The second-order valence-corrected chi connectivity index (χ2v) is 5.48. The second-order valence-electron chi connectivity index (χ2n) is 5.48. The zero-order valence-electron chi connectivity index (χ0n) is 13.8. The van der Waals surface area contributed by atoms with E-state index in [1.165, 1.54) is 0 Å². The van der Waals surface area contributed by atoms with E-state index in [9.17, 15) is 4.79 Å². The monoisotopic (exact) mass is 313 g/mol. The van der Waals surface area contributed by atoms with Crippen molar-refractivity contribution < 1.29 is 14.3 Å². The molecular weight excluding hydrogens is 290 g/mol. The number of ether oxygens (including phenoxy) is 2. The first-order chi connectivity index (χ1) is 11.1. The van der Waals surface area contributed by atoms with Gasteiger partial charge in [-0.1, -0.05) is 37.3 Å². The van der Waals surface area contributed by atoms with E-state index in [1.807, 2.05) is 75.4 Å². The summed E-state index contributed by atoms with van der Waals surface area (Å²) in [5.41, 5.74) is 0.654. The van der Waals surface area contributed by atoms with E-state index < -0.39 is 6.10 Å². The van der Waals surface area contributed by atoms with Crippen molar-refractivity contribution >= 4 is 11.6 Å². The molecule has 23 heavy (non-hydrogen) atoms. The number of hydrogen-bond donors (Lipinski definition) is 1. The van der Waals surface area contributed by atoms with Gasteiger partial charge in [0.2, 0.25) is 0 Å². The molecule has 2 aromatic rings. The van der Waals surface area contributed by atoms with Gasteiger partial charge in [-0.2, -0.15) is 0 Å². The Bertz CT molecular complexity index is 626. The Morgan fingerprint density at radius 2 is 1.65 bits per heavy atom.